The molecule has 0 aromatic carbocycles. The summed E-state index contributed by atoms with van der Waals surface area (Å²) in [4.78, 5) is 23.7. The Labute approximate surface area is 113 Å². The molecule has 1 atom stereocenters. The van der Waals surface area contributed by atoms with Gasteiger partial charge in [-0.1, -0.05) is 0 Å². The smallest absolute Gasteiger partial charge is 0.323 e. The largest absolute Gasteiger partial charge is 0.480 e. The van der Waals surface area contributed by atoms with Crippen LogP contribution in [0.3, 0.4) is 0 Å². The van der Waals surface area contributed by atoms with Gasteiger partial charge in [0.1, 0.15) is 6.54 Å². The van der Waals surface area contributed by atoms with Gasteiger partial charge in [-0.2, -0.15) is 0 Å². The molecule has 7 nitrogen and oxygen atoms in total. The zero-order valence-electron chi connectivity index (χ0n) is 11.2. The molecular formula is C11H20N2O5S. The van der Waals surface area contributed by atoms with Crippen molar-refractivity contribution in [3.63, 3.8) is 0 Å². The van der Waals surface area contributed by atoms with Crippen molar-refractivity contribution in [3.05, 3.63) is 0 Å². The third-order valence-electron chi connectivity index (χ3n) is 3.24. The van der Waals surface area contributed by atoms with Gasteiger partial charge in [0.25, 0.3) is 0 Å². The van der Waals surface area contributed by atoms with Crippen molar-refractivity contribution in [2.75, 3.05) is 32.4 Å². The molecule has 1 N–H and O–H groups in total. The van der Waals surface area contributed by atoms with E-state index in [-0.39, 0.29) is 24.7 Å². The summed E-state index contributed by atoms with van der Waals surface area (Å²) in [5.74, 6) is -1.82. The number of likely N-dealkylation sites (N-methyl/N-ethyl adjacent to an activating group) is 1. The van der Waals surface area contributed by atoms with Crippen molar-refractivity contribution >= 4 is 21.9 Å². The average Bonchev–Trinajstić information content (AvgIpc) is 2.37. The van der Waals surface area contributed by atoms with E-state index in [0.29, 0.717) is 19.4 Å². The molecule has 110 valence electrons. The van der Waals surface area contributed by atoms with Gasteiger partial charge in [-0.3, -0.25) is 9.59 Å². The Kier molecular flexibility index (Phi) is 5.30. The molecule has 1 rings (SSSR count). The number of piperidine rings is 1. The van der Waals surface area contributed by atoms with Crippen LogP contribution in [-0.4, -0.2) is 67.0 Å². The summed E-state index contributed by atoms with van der Waals surface area (Å²) >= 11 is 0. The number of rotatable bonds is 5. The number of carbonyl (C=O) groups is 2. The molecule has 0 radical (unpaired) electrons. The van der Waals surface area contributed by atoms with E-state index in [4.69, 9.17) is 5.11 Å². The van der Waals surface area contributed by atoms with Gasteiger partial charge in [-0.25, -0.2) is 12.7 Å². The van der Waals surface area contributed by atoms with Crippen molar-refractivity contribution in [2.45, 2.75) is 19.8 Å². The average molecular weight is 292 g/mol. The van der Waals surface area contributed by atoms with Crippen LogP contribution in [0.15, 0.2) is 0 Å². The van der Waals surface area contributed by atoms with Crippen LogP contribution in [0.25, 0.3) is 0 Å². The third-order valence-corrected chi connectivity index (χ3v) is 5.09. The summed E-state index contributed by atoms with van der Waals surface area (Å²) < 4.78 is 24.9. The Bertz CT molecular complexity index is 448. The molecule has 1 aliphatic heterocycles. The minimum Gasteiger partial charge on any atom is -0.480 e. The number of hydrogen-bond acceptors (Lipinski definition) is 4. The first-order valence-corrected chi connectivity index (χ1v) is 7.83. The summed E-state index contributed by atoms with van der Waals surface area (Å²) in [7, 11) is -1.87. The lowest BCUT2D eigenvalue weighted by Gasteiger charge is -2.32. The summed E-state index contributed by atoms with van der Waals surface area (Å²) in [6.07, 6.45) is 1.22. The fourth-order valence-electron chi connectivity index (χ4n) is 2.17. The molecule has 0 spiro atoms. The van der Waals surface area contributed by atoms with Gasteiger partial charge in [0, 0.05) is 20.1 Å². The number of sulfonamides is 1. The van der Waals surface area contributed by atoms with E-state index in [2.05, 4.69) is 0 Å². The van der Waals surface area contributed by atoms with Crippen LogP contribution < -0.4 is 0 Å². The van der Waals surface area contributed by atoms with Crippen LogP contribution in [0.4, 0.5) is 0 Å². The standard InChI is InChI=1S/C11H20N2O5S/c1-3-19(17,18)13-6-4-5-9(7-13)11(16)12(2)8-10(14)15/h9H,3-8H2,1-2H3,(H,14,15). The van der Waals surface area contributed by atoms with Gasteiger partial charge in [-0.05, 0) is 19.8 Å². The zero-order valence-corrected chi connectivity index (χ0v) is 12.0. The van der Waals surface area contributed by atoms with Crippen molar-refractivity contribution in [1.29, 1.82) is 0 Å². The van der Waals surface area contributed by atoms with Crippen LogP contribution in [0.2, 0.25) is 0 Å². The van der Waals surface area contributed by atoms with E-state index in [0.717, 1.165) is 4.90 Å². The summed E-state index contributed by atoms with van der Waals surface area (Å²) in [5, 5.41) is 8.65. The first-order chi connectivity index (χ1) is 8.77. The number of nitrogens with zero attached hydrogens (tertiary/aromatic N) is 2. The molecule has 1 heterocycles. The molecule has 0 bridgehead atoms. The predicted molar refractivity (Wildman–Crippen MR) is 69.0 cm³/mol. The molecule has 19 heavy (non-hydrogen) atoms. The quantitative estimate of drug-likeness (QED) is 0.743. The van der Waals surface area contributed by atoms with E-state index in [1.807, 2.05) is 0 Å². The zero-order chi connectivity index (χ0) is 14.6. The molecule has 1 amide bonds. The molecule has 0 saturated carbocycles. The Morgan fingerprint density at radius 1 is 1.42 bits per heavy atom. The maximum absolute atomic E-state index is 12.0. The number of amides is 1. The predicted octanol–water partition coefficient (Wildman–Crippen LogP) is -0.409. The fraction of sp³-hybridized carbons (Fsp3) is 0.818. The van der Waals surface area contributed by atoms with Crippen LogP contribution in [0.5, 0.6) is 0 Å². The Morgan fingerprint density at radius 2 is 2.05 bits per heavy atom. The third kappa shape index (κ3) is 4.17. The van der Waals surface area contributed by atoms with Crippen LogP contribution >= 0.6 is 0 Å². The maximum Gasteiger partial charge on any atom is 0.323 e. The summed E-state index contributed by atoms with van der Waals surface area (Å²) in [5.41, 5.74) is 0. The lowest BCUT2D eigenvalue weighted by atomic mass is 9.98. The highest BCUT2D eigenvalue weighted by molar-refractivity contribution is 7.89. The Balaban J connectivity index is 2.69. The second kappa shape index (κ2) is 6.33. The topological polar surface area (TPSA) is 95.0 Å². The summed E-state index contributed by atoms with van der Waals surface area (Å²) in [6.45, 7) is 1.79. The fourth-order valence-corrected chi connectivity index (χ4v) is 3.35. The number of aliphatic carboxylic acids is 1. The van der Waals surface area contributed by atoms with Crippen molar-refractivity contribution < 1.29 is 23.1 Å². The molecular weight excluding hydrogens is 272 g/mol. The Hall–Kier alpha value is -1.15. The van der Waals surface area contributed by atoms with Crippen LogP contribution in [0, 0.1) is 5.92 Å². The maximum atomic E-state index is 12.0. The lowest BCUT2D eigenvalue weighted by molar-refractivity contribution is -0.145. The molecule has 0 aromatic heterocycles. The highest BCUT2D eigenvalue weighted by atomic mass is 32.2. The van der Waals surface area contributed by atoms with Crippen molar-refractivity contribution in [2.24, 2.45) is 5.92 Å². The molecule has 0 aliphatic carbocycles. The SMILES string of the molecule is CCS(=O)(=O)N1CCCC(C(=O)N(C)CC(=O)O)C1. The molecule has 0 aromatic rings. The minimum absolute atomic E-state index is 0.0128. The number of carboxylic acids is 1. The lowest BCUT2D eigenvalue weighted by Crippen LogP contribution is -2.47. The Morgan fingerprint density at radius 3 is 2.58 bits per heavy atom. The first-order valence-electron chi connectivity index (χ1n) is 6.22. The minimum atomic E-state index is -3.29. The van der Waals surface area contributed by atoms with Gasteiger partial charge in [0.15, 0.2) is 0 Å². The second-order valence-corrected chi connectivity index (χ2v) is 6.94. The highest BCUT2D eigenvalue weighted by Crippen LogP contribution is 2.21. The molecule has 1 saturated heterocycles. The molecule has 8 heteroatoms. The van der Waals surface area contributed by atoms with Gasteiger partial charge < -0.3 is 10.0 Å². The van der Waals surface area contributed by atoms with E-state index in [1.54, 1.807) is 6.92 Å². The van der Waals surface area contributed by atoms with Gasteiger partial charge in [0.05, 0.1) is 11.7 Å². The van der Waals surface area contributed by atoms with E-state index in [1.165, 1.54) is 11.4 Å². The van der Waals surface area contributed by atoms with E-state index >= 15 is 0 Å². The van der Waals surface area contributed by atoms with Gasteiger partial charge >= 0.3 is 5.97 Å². The highest BCUT2D eigenvalue weighted by Gasteiger charge is 2.33. The normalized spacial score (nSPS) is 21.1. The van der Waals surface area contributed by atoms with E-state index < -0.39 is 21.9 Å². The monoisotopic (exact) mass is 292 g/mol. The molecule has 1 unspecified atom stereocenters. The number of hydrogen-bond donors (Lipinski definition) is 1. The number of carbonyl (C=O) groups excluding carboxylic acids is 1. The van der Waals surface area contributed by atoms with Crippen molar-refractivity contribution in [3.8, 4) is 0 Å². The van der Waals surface area contributed by atoms with Crippen LogP contribution in [-0.2, 0) is 19.6 Å². The first kappa shape index (κ1) is 15.9. The van der Waals surface area contributed by atoms with Crippen LogP contribution in [0.1, 0.15) is 19.8 Å². The van der Waals surface area contributed by atoms with Gasteiger partial charge in [-0.15, -0.1) is 0 Å². The van der Waals surface area contributed by atoms with Gasteiger partial charge in [0.2, 0.25) is 15.9 Å². The second-order valence-electron chi connectivity index (χ2n) is 4.69. The van der Waals surface area contributed by atoms with E-state index in [9.17, 15) is 18.0 Å². The summed E-state index contributed by atoms with van der Waals surface area (Å²) in [6, 6.07) is 0. The number of carboxylic acid groups (broad SMARTS) is 1. The molecule has 1 aliphatic rings. The van der Waals surface area contributed by atoms with Crippen molar-refractivity contribution in [1.82, 2.24) is 9.21 Å². The molecule has 1 fully saturated rings.